The van der Waals surface area contributed by atoms with Crippen LogP contribution in [0.5, 0.6) is 0 Å². The summed E-state index contributed by atoms with van der Waals surface area (Å²) in [6.07, 6.45) is 9.27. The largest absolute Gasteiger partial charge is 0.379 e. The third-order valence-corrected chi connectivity index (χ3v) is 4.92. The molecule has 8 nitrogen and oxygen atoms in total. The van der Waals surface area contributed by atoms with Crippen LogP contribution in [0.3, 0.4) is 0 Å². The number of rotatable bonds is 5. The Kier molecular flexibility index (Phi) is 4.49. The number of hydrogen-bond donors (Lipinski definition) is 3. The van der Waals surface area contributed by atoms with Gasteiger partial charge in [0.1, 0.15) is 6.23 Å². The van der Waals surface area contributed by atoms with Gasteiger partial charge in [0.25, 0.3) is 0 Å². The first kappa shape index (κ1) is 16.8. The van der Waals surface area contributed by atoms with Crippen LogP contribution < -0.4 is 10.2 Å². The number of piperazine rings is 1. The Morgan fingerprint density at radius 1 is 1.35 bits per heavy atom. The first-order valence-corrected chi connectivity index (χ1v) is 8.97. The highest BCUT2D eigenvalue weighted by molar-refractivity contribution is 5.62. The fourth-order valence-corrected chi connectivity index (χ4v) is 3.15. The highest BCUT2D eigenvalue weighted by atomic mass is 16.3. The van der Waals surface area contributed by atoms with Crippen molar-refractivity contribution in [3.63, 3.8) is 0 Å². The van der Waals surface area contributed by atoms with Crippen LogP contribution in [-0.2, 0) is 0 Å². The summed E-state index contributed by atoms with van der Waals surface area (Å²) in [5, 5.41) is 20.3. The molecule has 0 bridgehead atoms. The molecule has 0 aromatic carbocycles. The summed E-state index contributed by atoms with van der Waals surface area (Å²) in [7, 11) is 0. The lowest BCUT2D eigenvalue weighted by atomic mass is 10.3. The lowest BCUT2D eigenvalue weighted by molar-refractivity contribution is 0.0151. The second-order valence-electron chi connectivity index (χ2n) is 6.84. The lowest BCUT2D eigenvalue weighted by Gasteiger charge is -2.36. The maximum Gasteiger partial charge on any atom is 0.227 e. The molecule has 3 heterocycles. The number of aromatic nitrogens is 4. The molecule has 1 saturated heterocycles. The number of hydrogen-bond acceptors (Lipinski definition) is 7. The monoisotopic (exact) mass is 353 g/mol. The summed E-state index contributed by atoms with van der Waals surface area (Å²) in [6, 6.07) is 2.02. The predicted octanol–water partition coefficient (Wildman–Crippen LogP) is 1.26. The summed E-state index contributed by atoms with van der Waals surface area (Å²) >= 11 is 0. The van der Waals surface area contributed by atoms with E-state index in [1.165, 1.54) is 12.8 Å². The number of aromatic amines is 1. The highest BCUT2D eigenvalue weighted by Crippen LogP contribution is 2.39. The summed E-state index contributed by atoms with van der Waals surface area (Å²) in [5.41, 5.74) is 1.76. The maximum absolute atomic E-state index is 9.69. The number of nitrogens with zero attached hydrogens (tertiary/aromatic N) is 5. The minimum Gasteiger partial charge on any atom is -0.379 e. The molecule has 2 fully saturated rings. The molecular formula is C18H23N7O. The second-order valence-corrected chi connectivity index (χ2v) is 6.84. The molecule has 1 unspecified atom stereocenters. The van der Waals surface area contributed by atoms with Crippen LogP contribution in [0.4, 0.5) is 17.6 Å². The van der Waals surface area contributed by atoms with E-state index < -0.39 is 6.23 Å². The SMILES string of the molecule is C#Cc1cnc(N2CCN(C(C)O)CC2)nc1Nc1cc(C2CC2)[nH]n1. The van der Waals surface area contributed by atoms with Gasteiger partial charge < -0.3 is 15.3 Å². The Morgan fingerprint density at radius 2 is 2.12 bits per heavy atom. The van der Waals surface area contributed by atoms with Gasteiger partial charge in [0, 0.05) is 43.9 Å². The lowest BCUT2D eigenvalue weighted by Crippen LogP contribution is -2.50. The number of nitrogens with one attached hydrogen (secondary N) is 2. The number of aliphatic hydroxyl groups excluding tert-OH is 1. The van der Waals surface area contributed by atoms with Crippen molar-refractivity contribution in [3.05, 3.63) is 23.5 Å². The molecule has 1 aliphatic carbocycles. The number of anilines is 3. The third kappa shape index (κ3) is 3.49. The Labute approximate surface area is 152 Å². The zero-order valence-corrected chi connectivity index (χ0v) is 14.8. The van der Waals surface area contributed by atoms with E-state index in [-0.39, 0.29) is 0 Å². The van der Waals surface area contributed by atoms with Crippen LogP contribution in [0.1, 0.15) is 36.9 Å². The standard InChI is InChI=1S/C18H23N7O/c1-3-13-11-19-18(25-8-6-24(7-9-25)12(2)26)21-17(13)20-16-10-15(22-23-16)14-4-5-14/h1,10-12,14,26H,4-9H2,2H3,(H2,19,20,21,22,23). The molecule has 1 aliphatic heterocycles. The fraction of sp³-hybridized carbons (Fsp3) is 0.500. The van der Waals surface area contributed by atoms with E-state index >= 15 is 0 Å². The molecule has 2 aromatic rings. The molecule has 8 heteroatoms. The van der Waals surface area contributed by atoms with Crippen molar-refractivity contribution in [3.8, 4) is 12.3 Å². The topological polar surface area (TPSA) is 93.2 Å². The van der Waals surface area contributed by atoms with Gasteiger partial charge in [0.15, 0.2) is 11.6 Å². The van der Waals surface area contributed by atoms with Gasteiger partial charge in [-0.15, -0.1) is 6.42 Å². The van der Waals surface area contributed by atoms with E-state index in [4.69, 9.17) is 6.42 Å². The first-order valence-electron chi connectivity index (χ1n) is 8.97. The maximum atomic E-state index is 9.69. The third-order valence-electron chi connectivity index (χ3n) is 4.92. The first-order chi connectivity index (χ1) is 12.6. The quantitative estimate of drug-likeness (QED) is 0.697. The average molecular weight is 353 g/mol. The van der Waals surface area contributed by atoms with Crippen molar-refractivity contribution in [2.24, 2.45) is 0 Å². The van der Waals surface area contributed by atoms with Crippen molar-refractivity contribution in [1.29, 1.82) is 0 Å². The van der Waals surface area contributed by atoms with E-state index in [1.807, 2.05) is 11.0 Å². The normalized spacial score (nSPS) is 19.2. The Morgan fingerprint density at radius 3 is 2.77 bits per heavy atom. The van der Waals surface area contributed by atoms with Crippen molar-refractivity contribution in [1.82, 2.24) is 25.1 Å². The molecule has 3 N–H and O–H groups in total. The summed E-state index contributed by atoms with van der Waals surface area (Å²) in [6.45, 7) is 4.84. The highest BCUT2D eigenvalue weighted by Gasteiger charge is 2.26. The van der Waals surface area contributed by atoms with Gasteiger partial charge in [-0.05, 0) is 19.8 Å². The van der Waals surface area contributed by atoms with Crippen LogP contribution in [0.25, 0.3) is 0 Å². The molecule has 2 aliphatic rings. The summed E-state index contributed by atoms with van der Waals surface area (Å²) in [5.74, 6) is 5.17. The molecule has 0 amide bonds. The summed E-state index contributed by atoms with van der Waals surface area (Å²) in [4.78, 5) is 13.2. The molecule has 1 saturated carbocycles. The minimum absolute atomic E-state index is 0.431. The van der Waals surface area contributed by atoms with Gasteiger partial charge in [-0.25, -0.2) is 4.98 Å². The van der Waals surface area contributed by atoms with Crippen molar-refractivity contribution in [2.75, 3.05) is 36.4 Å². The zero-order valence-electron chi connectivity index (χ0n) is 14.8. The van der Waals surface area contributed by atoms with Crippen LogP contribution in [-0.4, -0.2) is 62.6 Å². The van der Waals surface area contributed by atoms with Gasteiger partial charge in [0.05, 0.1) is 11.8 Å². The number of terminal acetylenes is 1. The summed E-state index contributed by atoms with van der Waals surface area (Å²) < 4.78 is 0. The fourth-order valence-electron chi connectivity index (χ4n) is 3.15. The van der Waals surface area contributed by atoms with Crippen LogP contribution >= 0.6 is 0 Å². The van der Waals surface area contributed by atoms with E-state index in [0.29, 0.717) is 29.1 Å². The predicted molar refractivity (Wildman–Crippen MR) is 99.3 cm³/mol. The van der Waals surface area contributed by atoms with E-state index in [9.17, 15) is 5.11 Å². The Balaban J connectivity index is 1.50. The molecule has 136 valence electrons. The van der Waals surface area contributed by atoms with Crippen LogP contribution in [0, 0.1) is 12.3 Å². The van der Waals surface area contributed by atoms with Crippen molar-refractivity contribution >= 4 is 17.6 Å². The Hall–Kier alpha value is -2.63. The van der Waals surface area contributed by atoms with Gasteiger partial charge in [-0.2, -0.15) is 10.1 Å². The molecule has 0 spiro atoms. The zero-order chi connectivity index (χ0) is 18.1. The molecular weight excluding hydrogens is 330 g/mol. The molecule has 1 atom stereocenters. The second kappa shape index (κ2) is 6.94. The molecule has 2 aromatic heterocycles. The van der Waals surface area contributed by atoms with Gasteiger partial charge in [-0.3, -0.25) is 10.00 Å². The van der Waals surface area contributed by atoms with Gasteiger partial charge >= 0.3 is 0 Å². The number of aliphatic hydroxyl groups is 1. The van der Waals surface area contributed by atoms with Gasteiger partial charge in [0.2, 0.25) is 5.95 Å². The minimum atomic E-state index is -0.431. The van der Waals surface area contributed by atoms with Crippen LogP contribution in [0.15, 0.2) is 12.3 Å². The van der Waals surface area contributed by atoms with Crippen LogP contribution in [0.2, 0.25) is 0 Å². The van der Waals surface area contributed by atoms with E-state index in [0.717, 1.165) is 31.9 Å². The van der Waals surface area contributed by atoms with E-state index in [2.05, 4.69) is 36.3 Å². The molecule has 4 rings (SSSR count). The molecule has 26 heavy (non-hydrogen) atoms. The van der Waals surface area contributed by atoms with Crippen molar-refractivity contribution in [2.45, 2.75) is 31.9 Å². The Bertz CT molecular complexity index is 813. The van der Waals surface area contributed by atoms with Gasteiger partial charge in [-0.1, -0.05) is 5.92 Å². The van der Waals surface area contributed by atoms with E-state index in [1.54, 1.807) is 13.1 Å². The van der Waals surface area contributed by atoms with Crippen molar-refractivity contribution < 1.29 is 5.11 Å². The number of H-pyrrole nitrogens is 1. The average Bonchev–Trinajstić information content (AvgIpc) is 3.41. The molecule has 0 radical (unpaired) electrons. The smallest absolute Gasteiger partial charge is 0.227 e.